The van der Waals surface area contributed by atoms with Gasteiger partial charge in [-0.05, 0) is 65.2 Å². The Labute approximate surface area is 206 Å². The van der Waals surface area contributed by atoms with E-state index in [2.05, 4.69) is 37.8 Å². The molecule has 0 aliphatic carbocycles. The summed E-state index contributed by atoms with van der Waals surface area (Å²) in [5, 5.41) is 12.2. The summed E-state index contributed by atoms with van der Waals surface area (Å²) in [6.45, 7) is 4.86. The maximum Gasteiger partial charge on any atom is 0.260 e. The molecular weight excluding hydrogens is 496 g/mol. The van der Waals surface area contributed by atoms with Crippen LogP contribution in [-0.2, 0) is 4.79 Å². The highest BCUT2D eigenvalue weighted by atomic mass is 79.9. The average Bonchev–Trinajstić information content (AvgIpc) is 2.84. The number of hydrogen-bond acceptors (Lipinski definition) is 7. The highest BCUT2D eigenvalue weighted by Crippen LogP contribution is 2.26. The van der Waals surface area contributed by atoms with Crippen LogP contribution in [0.1, 0.15) is 24.0 Å². The number of nitrogens with zero attached hydrogens (tertiary/aromatic N) is 3. The largest absolute Gasteiger partial charge is 0.457 e. The van der Waals surface area contributed by atoms with Crippen molar-refractivity contribution in [1.29, 1.82) is 5.41 Å². The minimum absolute atomic E-state index is 0.0351. The molecule has 2 aromatic carbocycles. The van der Waals surface area contributed by atoms with E-state index in [0.717, 1.165) is 18.6 Å². The summed E-state index contributed by atoms with van der Waals surface area (Å²) in [5.41, 5.74) is 7.45. The number of ether oxygens (including phenoxy) is 1. The standard InChI is InChI=1S/C25H25BrN6O2/c1-16(26)25(33)32-13-5-6-18(14-32)31-24-21(23(28)29-15-30-24)22(27)17-9-11-20(12-10-17)34-19-7-3-2-4-8-19/h2-4,7-12,15,18,27H,1,5-6,13-14H2,(H3,28,29,30,31). The number of likely N-dealkylation sites (tertiary alicyclic amines) is 1. The SMILES string of the molecule is C=C(Br)C(=O)N1CCCC(Nc2ncnc(N)c2C(=N)c2ccc(Oc3ccccc3)cc2)C1. The molecule has 1 aliphatic rings. The van der Waals surface area contributed by atoms with Crippen LogP contribution in [0, 0.1) is 5.41 Å². The number of hydrogen-bond donors (Lipinski definition) is 3. The predicted molar refractivity (Wildman–Crippen MR) is 137 cm³/mol. The molecular formula is C25H25BrN6O2. The molecule has 174 valence electrons. The molecule has 0 spiro atoms. The zero-order valence-electron chi connectivity index (χ0n) is 18.5. The maximum absolute atomic E-state index is 12.3. The highest BCUT2D eigenvalue weighted by molar-refractivity contribution is 9.12. The Hall–Kier alpha value is -3.72. The number of nitrogens with two attached hydrogens (primary N) is 1. The van der Waals surface area contributed by atoms with Gasteiger partial charge in [0.1, 0.15) is 29.5 Å². The molecule has 3 aromatic rings. The van der Waals surface area contributed by atoms with Crippen molar-refractivity contribution in [3.63, 3.8) is 0 Å². The second-order valence-electron chi connectivity index (χ2n) is 7.94. The van der Waals surface area contributed by atoms with Crippen molar-refractivity contribution in [2.45, 2.75) is 18.9 Å². The number of carbonyl (C=O) groups is 1. The van der Waals surface area contributed by atoms with Crippen molar-refractivity contribution in [2.24, 2.45) is 0 Å². The number of halogens is 1. The second kappa shape index (κ2) is 10.5. The fourth-order valence-electron chi connectivity index (χ4n) is 3.86. The second-order valence-corrected chi connectivity index (χ2v) is 8.89. The number of para-hydroxylation sites is 1. The van der Waals surface area contributed by atoms with Gasteiger partial charge in [0.15, 0.2) is 0 Å². The molecule has 4 N–H and O–H groups in total. The van der Waals surface area contributed by atoms with Gasteiger partial charge in [0.05, 0.1) is 15.8 Å². The number of amides is 1. The van der Waals surface area contributed by atoms with Crippen molar-refractivity contribution in [2.75, 3.05) is 24.1 Å². The van der Waals surface area contributed by atoms with Gasteiger partial charge >= 0.3 is 0 Å². The van der Waals surface area contributed by atoms with Crippen LogP contribution in [0.25, 0.3) is 0 Å². The Morgan fingerprint density at radius 2 is 1.85 bits per heavy atom. The van der Waals surface area contributed by atoms with Crippen molar-refractivity contribution >= 4 is 39.2 Å². The van der Waals surface area contributed by atoms with Crippen molar-refractivity contribution < 1.29 is 9.53 Å². The summed E-state index contributed by atoms with van der Waals surface area (Å²) in [4.78, 5) is 22.5. The van der Waals surface area contributed by atoms with Crippen LogP contribution in [0.4, 0.5) is 11.6 Å². The molecule has 1 amide bonds. The van der Waals surface area contributed by atoms with E-state index in [1.54, 1.807) is 17.0 Å². The van der Waals surface area contributed by atoms with Gasteiger partial charge in [-0.1, -0.05) is 24.8 Å². The number of anilines is 2. The molecule has 1 aliphatic heterocycles. The summed E-state index contributed by atoms with van der Waals surface area (Å²) in [6, 6.07) is 16.7. The smallest absolute Gasteiger partial charge is 0.260 e. The lowest BCUT2D eigenvalue weighted by Gasteiger charge is -2.33. The molecule has 0 bridgehead atoms. The quantitative estimate of drug-likeness (QED) is 0.310. The van der Waals surface area contributed by atoms with Crippen molar-refractivity contribution in [3.05, 3.63) is 83.1 Å². The Morgan fingerprint density at radius 3 is 2.56 bits per heavy atom. The Morgan fingerprint density at radius 1 is 1.15 bits per heavy atom. The maximum atomic E-state index is 12.3. The van der Waals surface area contributed by atoms with Crippen molar-refractivity contribution in [1.82, 2.24) is 14.9 Å². The van der Waals surface area contributed by atoms with E-state index in [4.69, 9.17) is 15.9 Å². The monoisotopic (exact) mass is 520 g/mol. The van der Waals surface area contributed by atoms with Gasteiger partial charge in [-0.15, -0.1) is 0 Å². The number of piperidine rings is 1. The summed E-state index contributed by atoms with van der Waals surface area (Å²) in [6.07, 6.45) is 3.08. The number of nitrogen functional groups attached to an aromatic ring is 1. The molecule has 9 heteroatoms. The van der Waals surface area contributed by atoms with E-state index in [1.807, 2.05) is 42.5 Å². The Bertz CT molecular complexity index is 1200. The van der Waals surface area contributed by atoms with E-state index in [0.29, 0.717) is 40.3 Å². The van der Waals surface area contributed by atoms with Gasteiger partial charge in [0.2, 0.25) is 0 Å². The predicted octanol–water partition coefficient (Wildman–Crippen LogP) is 4.58. The molecule has 0 saturated carbocycles. The summed E-state index contributed by atoms with van der Waals surface area (Å²) in [5.74, 6) is 1.96. The molecule has 0 radical (unpaired) electrons. The molecule has 4 rings (SSSR count). The van der Waals surface area contributed by atoms with E-state index < -0.39 is 0 Å². The average molecular weight is 521 g/mol. The molecule has 1 aromatic heterocycles. The van der Waals surface area contributed by atoms with Gasteiger partial charge in [0, 0.05) is 24.7 Å². The molecule has 1 atom stereocenters. The summed E-state index contributed by atoms with van der Waals surface area (Å²) >= 11 is 3.17. The molecule has 1 unspecified atom stereocenters. The zero-order chi connectivity index (χ0) is 24.1. The zero-order valence-corrected chi connectivity index (χ0v) is 20.1. The first-order chi connectivity index (χ1) is 16.4. The van der Waals surface area contributed by atoms with Crippen molar-refractivity contribution in [3.8, 4) is 11.5 Å². The third-order valence-electron chi connectivity index (χ3n) is 5.53. The Kier molecular flexibility index (Phi) is 7.22. The van der Waals surface area contributed by atoms with Gasteiger partial charge in [-0.25, -0.2) is 9.97 Å². The van der Waals surface area contributed by atoms with Crippen LogP contribution in [-0.4, -0.2) is 45.6 Å². The lowest BCUT2D eigenvalue weighted by Crippen LogP contribution is -2.45. The number of rotatable bonds is 7. The molecule has 2 heterocycles. The summed E-state index contributed by atoms with van der Waals surface area (Å²) in [7, 11) is 0. The lowest BCUT2D eigenvalue weighted by molar-refractivity contribution is -0.127. The van der Waals surface area contributed by atoms with Gasteiger partial charge in [-0.2, -0.15) is 0 Å². The minimum atomic E-state index is -0.125. The van der Waals surface area contributed by atoms with E-state index in [9.17, 15) is 4.79 Å². The van der Waals surface area contributed by atoms with Crippen LogP contribution in [0.15, 0.2) is 72.0 Å². The molecule has 8 nitrogen and oxygen atoms in total. The molecule has 34 heavy (non-hydrogen) atoms. The van der Waals surface area contributed by atoms with Crippen LogP contribution in [0.5, 0.6) is 11.5 Å². The lowest BCUT2D eigenvalue weighted by atomic mass is 10.0. The number of carbonyl (C=O) groups excluding carboxylic acids is 1. The van der Waals surface area contributed by atoms with Crippen LogP contribution in [0.3, 0.4) is 0 Å². The molecule has 1 fully saturated rings. The van der Waals surface area contributed by atoms with E-state index in [1.165, 1.54) is 6.33 Å². The first kappa shape index (κ1) is 23.4. The Balaban J connectivity index is 1.51. The van der Waals surface area contributed by atoms with Gasteiger partial charge < -0.3 is 20.7 Å². The minimum Gasteiger partial charge on any atom is -0.457 e. The van der Waals surface area contributed by atoms with E-state index >= 15 is 0 Å². The first-order valence-corrected chi connectivity index (χ1v) is 11.6. The topological polar surface area (TPSA) is 117 Å². The normalized spacial score (nSPS) is 15.4. The van der Waals surface area contributed by atoms with E-state index in [-0.39, 0.29) is 23.5 Å². The number of aromatic nitrogens is 2. The van der Waals surface area contributed by atoms with Gasteiger partial charge in [-0.3, -0.25) is 10.2 Å². The third kappa shape index (κ3) is 5.43. The van der Waals surface area contributed by atoms with Gasteiger partial charge in [0.25, 0.3) is 5.91 Å². The summed E-state index contributed by atoms with van der Waals surface area (Å²) < 4.78 is 6.17. The molecule has 1 saturated heterocycles. The third-order valence-corrected chi connectivity index (χ3v) is 5.87. The fraction of sp³-hybridized carbons (Fsp3) is 0.200. The number of benzene rings is 2. The van der Waals surface area contributed by atoms with Crippen LogP contribution < -0.4 is 15.8 Å². The highest BCUT2D eigenvalue weighted by Gasteiger charge is 2.26. The fourth-order valence-corrected chi connectivity index (χ4v) is 4.11. The first-order valence-electron chi connectivity index (χ1n) is 10.9. The number of nitrogens with one attached hydrogen (secondary N) is 2. The van der Waals surface area contributed by atoms with Crippen LogP contribution in [0.2, 0.25) is 0 Å². The van der Waals surface area contributed by atoms with Crippen LogP contribution >= 0.6 is 15.9 Å².